The monoisotopic (exact) mass is 537 g/mol. The maximum atomic E-state index is 6.50. The molecule has 0 unspecified atom stereocenters. The van der Waals surface area contributed by atoms with Crippen LogP contribution in [0.2, 0.25) is 0 Å². The predicted octanol–water partition coefficient (Wildman–Crippen LogP) is 8.92. The quantitative estimate of drug-likeness (QED) is 0.214. The summed E-state index contributed by atoms with van der Waals surface area (Å²) in [7, 11) is -0.427. The summed E-state index contributed by atoms with van der Waals surface area (Å²) < 4.78 is 13.0. The van der Waals surface area contributed by atoms with Crippen molar-refractivity contribution in [3.63, 3.8) is 0 Å². The van der Waals surface area contributed by atoms with Crippen LogP contribution in [0.25, 0.3) is 21.9 Å². The molecule has 0 aromatic heterocycles. The van der Waals surface area contributed by atoms with E-state index in [0.29, 0.717) is 0 Å². The van der Waals surface area contributed by atoms with Crippen molar-refractivity contribution in [2.45, 2.75) is 58.2 Å². The molecular formula is C37H36BNO2. The molecule has 2 aliphatic rings. The molecule has 5 aromatic rings. The Labute approximate surface area is 243 Å². The van der Waals surface area contributed by atoms with Gasteiger partial charge in [-0.2, -0.15) is 0 Å². The molecule has 4 heteroatoms. The molecule has 0 amide bonds. The number of anilines is 3. The van der Waals surface area contributed by atoms with Crippen molar-refractivity contribution in [1.29, 1.82) is 0 Å². The Kier molecular flexibility index (Phi) is 5.77. The minimum Gasteiger partial charge on any atom is -0.399 e. The normalized spacial score (nSPS) is 17.9. The molecule has 5 aromatic carbocycles. The van der Waals surface area contributed by atoms with Gasteiger partial charge in [0.25, 0.3) is 0 Å². The lowest BCUT2D eigenvalue weighted by Gasteiger charge is -2.32. The van der Waals surface area contributed by atoms with Gasteiger partial charge in [-0.15, -0.1) is 0 Å². The predicted molar refractivity (Wildman–Crippen MR) is 172 cm³/mol. The molecular weight excluding hydrogens is 501 g/mol. The molecule has 0 saturated carbocycles. The number of benzene rings is 5. The van der Waals surface area contributed by atoms with E-state index in [2.05, 4.69) is 156 Å². The average Bonchev–Trinajstić information content (AvgIpc) is 3.33. The van der Waals surface area contributed by atoms with Gasteiger partial charge in [0.1, 0.15) is 0 Å². The van der Waals surface area contributed by atoms with Crippen molar-refractivity contribution in [2.24, 2.45) is 0 Å². The van der Waals surface area contributed by atoms with Crippen LogP contribution < -0.4 is 10.4 Å². The summed E-state index contributed by atoms with van der Waals surface area (Å²) in [6.07, 6.45) is 0. The summed E-state index contributed by atoms with van der Waals surface area (Å²) in [4.78, 5) is 2.38. The van der Waals surface area contributed by atoms with Crippen LogP contribution in [0.5, 0.6) is 0 Å². The van der Waals surface area contributed by atoms with E-state index >= 15 is 0 Å². The summed E-state index contributed by atoms with van der Waals surface area (Å²) in [6, 6.07) is 39.4. The highest BCUT2D eigenvalue weighted by Gasteiger charge is 2.52. The molecule has 3 nitrogen and oxygen atoms in total. The van der Waals surface area contributed by atoms with Gasteiger partial charge in [-0.1, -0.05) is 92.7 Å². The zero-order chi connectivity index (χ0) is 28.6. The van der Waals surface area contributed by atoms with Crippen LogP contribution in [-0.2, 0) is 14.7 Å². The molecule has 1 aliphatic heterocycles. The summed E-state index contributed by atoms with van der Waals surface area (Å²) in [6.45, 7) is 13.1. The Hall–Kier alpha value is -3.86. The Bertz CT molecular complexity index is 1770. The van der Waals surface area contributed by atoms with Crippen LogP contribution in [0.4, 0.5) is 17.1 Å². The third-order valence-corrected chi connectivity index (χ3v) is 9.52. The fourth-order valence-electron chi connectivity index (χ4n) is 6.51. The lowest BCUT2D eigenvalue weighted by molar-refractivity contribution is 0.00578. The first-order chi connectivity index (χ1) is 19.6. The van der Waals surface area contributed by atoms with Crippen molar-refractivity contribution in [1.82, 2.24) is 0 Å². The Morgan fingerprint density at radius 3 is 1.88 bits per heavy atom. The van der Waals surface area contributed by atoms with Gasteiger partial charge in [-0.25, -0.2) is 0 Å². The van der Waals surface area contributed by atoms with E-state index in [9.17, 15) is 0 Å². The molecule has 0 spiro atoms. The second-order valence-corrected chi connectivity index (χ2v) is 12.9. The highest BCUT2D eigenvalue weighted by molar-refractivity contribution is 6.65. The zero-order valence-corrected chi connectivity index (χ0v) is 24.7. The first-order valence-corrected chi connectivity index (χ1v) is 14.6. The number of hydrogen-bond acceptors (Lipinski definition) is 3. The van der Waals surface area contributed by atoms with Gasteiger partial charge in [0, 0.05) is 22.2 Å². The Morgan fingerprint density at radius 1 is 0.537 bits per heavy atom. The van der Waals surface area contributed by atoms with Crippen LogP contribution in [0, 0.1) is 0 Å². The minimum absolute atomic E-state index is 0.0764. The van der Waals surface area contributed by atoms with Crippen molar-refractivity contribution in [2.75, 3.05) is 4.90 Å². The molecule has 41 heavy (non-hydrogen) atoms. The van der Waals surface area contributed by atoms with Crippen LogP contribution >= 0.6 is 0 Å². The van der Waals surface area contributed by atoms with E-state index in [1.807, 2.05) is 0 Å². The van der Waals surface area contributed by atoms with Crippen LogP contribution in [-0.4, -0.2) is 18.3 Å². The number of nitrogens with zero attached hydrogens (tertiary/aromatic N) is 1. The fourth-order valence-corrected chi connectivity index (χ4v) is 6.51. The van der Waals surface area contributed by atoms with E-state index < -0.39 is 18.3 Å². The van der Waals surface area contributed by atoms with E-state index in [0.717, 1.165) is 33.3 Å². The number of para-hydroxylation sites is 1. The van der Waals surface area contributed by atoms with E-state index in [1.165, 1.54) is 22.3 Å². The largest absolute Gasteiger partial charge is 0.495 e. The number of fused-ring (bicyclic) bond motifs is 4. The second-order valence-electron chi connectivity index (χ2n) is 12.9. The minimum atomic E-state index is -0.427. The average molecular weight is 538 g/mol. The highest BCUT2D eigenvalue weighted by atomic mass is 16.7. The second kappa shape index (κ2) is 9.07. The Morgan fingerprint density at radius 2 is 1.15 bits per heavy atom. The first kappa shape index (κ1) is 26.1. The van der Waals surface area contributed by atoms with Gasteiger partial charge in [0.05, 0.1) is 16.9 Å². The number of rotatable bonds is 4. The molecule has 0 N–H and O–H groups in total. The maximum absolute atomic E-state index is 6.50. The van der Waals surface area contributed by atoms with Crippen molar-refractivity contribution < 1.29 is 9.31 Å². The third-order valence-electron chi connectivity index (χ3n) is 9.52. The molecule has 0 radical (unpaired) electrons. The topological polar surface area (TPSA) is 21.7 Å². The van der Waals surface area contributed by atoms with Gasteiger partial charge in [-0.3, -0.25) is 0 Å². The standard InChI is InChI=1S/C37H36BNO2/c1-35(2)31-19-13-12-16-27(31)28-21-20-26(24-32(28)35)39(25-14-8-7-9-15-25)34-23-22-33(29-17-10-11-18-30(29)34)38-40-36(3,4)37(5,6)41-38/h7-24H,1-6H3. The summed E-state index contributed by atoms with van der Waals surface area (Å²) >= 11 is 0. The SMILES string of the molecule is CC1(C)c2ccccc2-c2ccc(N(c3ccccc3)c3ccc(B4OC(C)(C)C(C)(C)O4)c4ccccc34)cc21. The van der Waals surface area contributed by atoms with Crippen molar-refractivity contribution >= 4 is 40.4 Å². The lowest BCUT2D eigenvalue weighted by atomic mass is 9.75. The molecule has 7 rings (SSSR count). The molecule has 0 bridgehead atoms. The first-order valence-electron chi connectivity index (χ1n) is 14.6. The summed E-state index contributed by atoms with van der Waals surface area (Å²) in [5.41, 5.74) is 8.97. The van der Waals surface area contributed by atoms with E-state index in [1.54, 1.807) is 0 Å². The van der Waals surface area contributed by atoms with E-state index in [4.69, 9.17) is 9.31 Å². The highest BCUT2D eigenvalue weighted by Crippen LogP contribution is 2.51. The molecule has 204 valence electrons. The molecule has 0 atom stereocenters. The summed E-state index contributed by atoms with van der Waals surface area (Å²) in [5, 5.41) is 2.30. The van der Waals surface area contributed by atoms with Gasteiger partial charge >= 0.3 is 7.12 Å². The smallest absolute Gasteiger partial charge is 0.399 e. The third kappa shape index (κ3) is 3.96. The molecule has 1 saturated heterocycles. The van der Waals surface area contributed by atoms with Crippen molar-refractivity contribution in [3.8, 4) is 11.1 Å². The van der Waals surface area contributed by atoms with Crippen LogP contribution in [0.3, 0.4) is 0 Å². The Balaban J connectivity index is 1.41. The van der Waals surface area contributed by atoms with Crippen molar-refractivity contribution in [3.05, 3.63) is 120 Å². The maximum Gasteiger partial charge on any atom is 0.495 e. The van der Waals surface area contributed by atoms with E-state index in [-0.39, 0.29) is 5.41 Å². The van der Waals surface area contributed by atoms with Crippen LogP contribution in [0.15, 0.2) is 109 Å². The fraction of sp³-hybridized carbons (Fsp3) is 0.243. The molecule has 1 fully saturated rings. The van der Waals surface area contributed by atoms with Gasteiger partial charge < -0.3 is 14.2 Å². The number of hydrogen-bond donors (Lipinski definition) is 0. The van der Waals surface area contributed by atoms with Gasteiger partial charge in [0.2, 0.25) is 0 Å². The van der Waals surface area contributed by atoms with Gasteiger partial charge in [0.15, 0.2) is 0 Å². The van der Waals surface area contributed by atoms with Gasteiger partial charge in [-0.05, 0) is 91.1 Å². The lowest BCUT2D eigenvalue weighted by Crippen LogP contribution is -2.41. The van der Waals surface area contributed by atoms with Crippen LogP contribution in [0.1, 0.15) is 52.7 Å². The molecule has 1 aliphatic carbocycles. The molecule has 1 heterocycles. The zero-order valence-electron chi connectivity index (χ0n) is 24.7. The summed E-state index contributed by atoms with van der Waals surface area (Å²) in [5.74, 6) is 0.